The predicted octanol–water partition coefficient (Wildman–Crippen LogP) is 5.24. The SMILES string of the molecule is C/C=C1\CC2C=Nc3cc(OCc4cc(OCCN(C)CC(C)(C)SC5CC(=O)N(CCC(=O)NCCOCCOCCOCCOCCC(=O)ON6C(=O)CCC6=O)C5=O)cc(COc5cc6c(cc5OC)C(=O)N5C/C(=C/C)CC5CN6)n4)c(OC)cc3C(=O)N2C1. The normalized spacial score (nSPS) is 19.4. The van der Waals surface area contributed by atoms with Gasteiger partial charge in [-0.2, -0.15) is 0 Å². The van der Waals surface area contributed by atoms with Gasteiger partial charge in [0.2, 0.25) is 17.7 Å². The number of hydrogen-bond acceptors (Lipinski definition) is 23. The Bertz CT molecular complexity index is 3360. The number of hydrogen-bond donors (Lipinski definition) is 2. The minimum absolute atomic E-state index is 0.00389. The van der Waals surface area contributed by atoms with Crippen LogP contribution in [0.2, 0.25) is 0 Å². The number of rotatable bonds is 35. The Morgan fingerprint density at radius 3 is 1.97 bits per heavy atom. The number of likely N-dealkylation sites (tertiary alicyclic amines) is 1. The second-order valence-corrected chi connectivity index (χ2v) is 25.8. The number of nitrogens with zero attached hydrogens (tertiary/aromatic N) is 7. The van der Waals surface area contributed by atoms with Crippen molar-refractivity contribution in [1.29, 1.82) is 0 Å². The molecule has 0 bridgehead atoms. The molecule has 3 aromatic rings. The zero-order valence-electron chi connectivity index (χ0n) is 54.5. The van der Waals surface area contributed by atoms with E-state index < -0.39 is 27.8 Å². The topological polar surface area (TPSA) is 294 Å². The number of aliphatic imine (C=N–C) groups is 1. The maximum Gasteiger partial charge on any atom is 0.335 e. The molecule has 2 N–H and O–H groups in total. The highest BCUT2D eigenvalue weighted by atomic mass is 32.2. The molecular weight excluding hydrogens is 1240 g/mol. The first kappa shape index (κ1) is 70.2. The minimum Gasteiger partial charge on any atom is -0.493 e. The highest BCUT2D eigenvalue weighted by molar-refractivity contribution is 8.02. The zero-order valence-corrected chi connectivity index (χ0v) is 55.3. The second-order valence-electron chi connectivity index (χ2n) is 23.9. The Morgan fingerprint density at radius 2 is 1.31 bits per heavy atom. The highest BCUT2D eigenvalue weighted by Gasteiger charge is 2.43. The molecule has 0 saturated carbocycles. The number of benzene rings is 2. The quantitative estimate of drug-likeness (QED) is 0.0432. The number of carbonyl (C=O) groups is 8. The number of ether oxygens (including phenoxy) is 9. The van der Waals surface area contributed by atoms with E-state index in [4.69, 9.17) is 57.4 Å². The first-order chi connectivity index (χ1) is 45.3. The molecule has 3 unspecified atom stereocenters. The lowest BCUT2D eigenvalue weighted by atomic mass is 10.1. The molecule has 6 aliphatic heterocycles. The van der Waals surface area contributed by atoms with Gasteiger partial charge in [0.05, 0.1) is 125 Å². The van der Waals surface area contributed by atoms with Crippen LogP contribution in [0.15, 0.2) is 64.7 Å². The van der Waals surface area contributed by atoms with Gasteiger partial charge >= 0.3 is 5.97 Å². The van der Waals surface area contributed by atoms with Crippen molar-refractivity contribution in [1.82, 2.24) is 35.0 Å². The summed E-state index contributed by atoms with van der Waals surface area (Å²) in [6.45, 7) is 13.2. The van der Waals surface area contributed by atoms with Crippen molar-refractivity contribution in [3.63, 3.8) is 0 Å². The van der Waals surface area contributed by atoms with Gasteiger partial charge in [-0.25, -0.2) is 4.79 Å². The van der Waals surface area contributed by atoms with Gasteiger partial charge < -0.3 is 72.8 Å². The summed E-state index contributed by atoms with van der Waals surface area (Å²) in [4.78, 5) is 123. The molecule has 4 saturated heterocycles. The van der Waals surface area contributed by atoms with E-state index in [0.29, 0.717) is 120 Å². The number of fused-ring (bicyclic) bond motifs is 4. The monoisotopic (exact) mass is 1320 g/mol. The largest absolute Gasteiger partial charge is 0.493 e. The number of imide groups is 2. The molecule has 6 aliphatic rings. The Labute approximate surface area is 551 Å². The summed E-state index contributed by atoms with van der Waals surface area (Å²) in [5.74, 6) is -0.960. The summed E-state index contributed by atoms with van der Waals surface area (Å²) < 4.78 is 52.2. The van der Waals surface area contributed by atoms with Crippen molar-refractivity contribution in [2.24, 2.45) is 4.99 Å². The standard InChI is InChI=1S/C66H85N9O18S/c1-8-42-26-46-35-68-51-32-55(53(84-6)30-49(51)63(81)73(46)37-42)91-39-44-28-48(29-45(70-44)40-92-56-33-52-50(31-54(56)85-7)64(82)74-38-43(9-2)27-47(74)36-69-52)90-19-16-71(5)41-66(3,4)94-57-34-61(79)72(65(57)83)15-12-58(76)67-14-18-87-21-23-89-25-24-88-22-20-86-17-13-62(80)93-75-59(77)10-11-60(75)78/h8-9,28-33,35,46-47,57,69H,10-27,34,36-41H2,1-7H3,(H,67,76)/b42-8+,43-9+. The van der Waals surface area contributed by atoms with E-state index in [2.05, 4.69) is 21.6 Å². The molecule has 9 rings (SSSR count). The van der Waals surface area contributed by atoms with Gasteiger partial charge in [0.25, 0.3) is 23.6 Å². The van der Waals surface area contributed by atoms with Crippen LogP contribution >= 0.6 is 11.8 Å². The van der Waals surface area contributed by atoms with Gasteiger partial charge in [-0.1, -0.05) is 23.3 Å². The maximum absolute atomic E-state index is 13.9. The predicted molar refractivity (Wildman–Crippen MR) is 344 cm³/mol. The molecule has 2 aromatic carbocycles. The Balaban J connectivity index is 0.713. The third-order valence-corrected chi connectivity index (χ3v) is 17.9. The molecule has 0 spiro atoms. The lowest BCUT2D eigenvalue weighted by molar-refractivity contribution is -0.198. The molecule has 27 nitrogen and oxygen atoms in total. The smallest absolute Gasteiger partial charge is 0.335 e. The number of amides is 7. The van der Waals surface area contributed by atoms with E-state index in [-0.39, 0.29) is 140 Å². The van der Waals surface area contributed by atoms with Gasteiger partial charge in [-0.15, -0.1) is 16.8 Å². The minimum atomic E-state index is -0.737. The molecule has 7 amide bonds. The first-order valence-electron chi connectivity index (χ1n) is 31.7. The van der Waals surface area contributed by atoms with E-state index in [1.54, 1.807) is 36.4 Å². The summed E-state index contributed by atoms with van der Waals surface area (Å²) >= 11 is 1.43. The van der Waals surface area contributed by atoms with Gasteiger partial charge in [0.1, 0.15) is 25.6 Å². The molecule has 28 heteroatoms. The van der Waals surface area contributed by atoms with Crippen molar-refractivity contribution < 1.29 is 85.8 Å². The van der Waals surface area contributed by atoms with Crippen molar-refractivity contribution in [2.45, 2.75) is 108 Å². The molecular formula is C66H85N9O18S. The van der Waals surface area contributed by atoms with Crippen LogP contribution in [-0.4, -0.2) is 232 Å². The van der Waals surface area contributed by atoms with Crippen LogP contribution in [-0.2, 0) is 65.8 Å². The Hall–Kier alpha value is -8.15. The van der Waals surface area contributed by atoms with Gasteiger partial charge in [0, 0.05) is 107 Å². The first-order valence-corrected chi connectivity index (χ1v) is 32.6. The van der Waals surface area contributed by atoms with Gasteiger partial charge in [-0.05, 0) is 59.7 Å². The van der Waals surface area contributed by atoms with Crippen LogP contribution in [0, 0.1) is 0 Å². The van der Waals surface area contributed by atoms with E-state index in [1.165, 1.54) is 42.0 Å². The second kappa shape index (κ2) is 33.3. The van der Waals surface area contributed by atoms with Crippen LogP contribution in [0.25, 0.3) is 0 Å². The van der Waals surface area contributed by atoms with Crippen LogP contribution in [0.5, 0.6) is 28.7 Å². The van der Waals surface area contributed by atoms with E-state index in [0.717, 1.165) is 12.8 Å². The molecule has 508 valence electrons. The lowest BCUT2D eigenvalue weighted by Crippen LogP contribution is -2.39. The number of hydroxylamine groups is 2. The van der Waals surface area contributed by atoms with E-state index >= 15 is 0 Å². The summed E-state index contributed by atoms with van der Waals surface area (Å²) in [5, 5.41) is 6.12. The van der Waals surface area contributed by atoms with Crippen molar-refractivity contribution in [3.05, 3.63) is 82.2 Å². The summed E-state index contributed by atoms with van der Waals surface area (Å²) in [6.07, 6.45) is 7.37. The van der Waals surface area contributed by atoms with E-state index in [9.17, 15) is 38.4 Å². The van der Waals surface area contributed by atoms with E-state index in [1.807, 2.05) is 56.8 Å². The number of anilines is 1. The van der Waals surface area contributed by atoms with Crippen LogP contribution in [0.3, 0.4) is 0 Å². The fourth-order valence-corrected chi connectivity index (χ4v) is 13.2. The number of likely N-dealkylation sites (N-methyl/N-ethyl adjacent to an activating group) is 1. The molecule has 0 radical (unpaired) electrons. The third kappa shape index (κ3) is 18.6. The van der Waals surface area contributed by atoms with Crippen molar-refractivity contribution >= 4 is 76.7 Å². The number of thioether (sulfide) groups is 1. The number of pyridine rings is 1. The van der Waals surface area contributed by atoms with Crippen LogP contribution < -0.4 is 34.3 Å². The highest BCUT2D eigenvalue weighted by Crippen LogP contribution is 2.41. The summed E-state index contributed by atoms with van der Waals surface area (Å²) in [6, 6.07) is 10.3. The molecule has 7 heterocycles. The van der Waals surface area contributed by atoms with Crippen molar-refractivity contribution in [2.75, 3.05) is 132 Å². The number of aromatic nitrogens is 1. The zero-order chi connectivity index (χ0) is 66.9. The summed E-state index contributed by atoms with van der Waals surface area (Å²) in [5.41, 5.74) is 5.47. The number of allylic oxidation sites excluding steroid dienone is 2. The van der Waals surface area contributed by atoms with Gasteiger partial charge in [0.15, 0.2) is 23.0 Å². The fourth-order valence-electron chi connectivity index (χ4n) is 11.6. The van der Waals surface area contributed by atoms with Crippen LogP contribution in [0.1, 0.15) is 105 Å². The van der Waals surface area contributed by atoms with Crippen molar-refractivity contribution in [3.8, 4) is 28.7 Å². The summed E-state index contributed by atoms with van der Waals surface area (Å²) in [7, 11) is 5.01. The number of nitrogens with one attached hydrogen (secondary N) is 2. The maximum atomic E-state index is 13.9. The fraction of sp³-hybridized carbons (Fsp3) is 0.545. The number of methoxy groups -OCH3 is 2. The molecule has 0 aliphatic carbocycles. The molecule has 3 atom stereocenters. The van der Waals surface area contributed by atoms with Gasteiger partial charge in [-0.3, -0.25) is 48.4 Å². The average Bonchev–Trinajstić information content (AvgIpc) is 1.64. The average molecular weight is 1320 g/mol. The molecule has 1 aromatic heterocycles. The molecule has 4 fully saturated rings. The van der Waals surface area contributed by atoms with Crippen LogP contribution in [0.4, 0.5) is 11.4 Å². The Kier molecular flexibility index (Phi) is 24.9. The molecule has 94 heavy (non-hydrogen) atoms. The third-order valence-electron chi connectivity index (χ3n) is 16.5. The number of carbonyl (C=O) groups excluding carboxylic acids is 8. The Morgan fingerprint density at radius 1 is 0.702 bits per heavy atom. The lowest BCUT2D eigenvalue weighted by Gasteiger charge is -2.31.